The number of aromatic nitrogens is 1. The van der Waals surface area contributed by atoms with Crippen molar-refractivity contribution < 1.29 is 19.1 Å². The number of nitrogens with one attached hydrogen (secondary N) is 1. The number of ether oxygens (including phenoxy) is 2. The van der Waals surface area contributed by atoms with Gasteiger partial charge in [-0.1, -0.05) is 0 Å². The molecular formula is C15H16N2O4. The summed E-state index contributed by atoms with van der Waals surface area (Å²) in [7, 11) is 4.72. The fourth-order valence-electron chi connectivity index (χ4n) is 3.01. The van der Waals surface area contributed by atoms with E-state index >= 15 is 0 Å². The molecule has 0 atom stereocenters. The van der Waals surface area contributed by atoms with Crippen LogP contribution in [0.25, 0.3) is 10.9 Å². The summed E-state index contributed by atoms with van der Waals surface area (Å²) in [6, 6.07) is 3.40. The maximum absolute atomic E-state index is 12.1. The summed E-state index contributed by atoms with van der Waals surface area (Å²) in [5.74, 6) is 0.0807. The molecule has 1 aromatic carbocycles. The first-order chi connectivity index (χ1) is 10.1. The molecule has 6 heteroatoms. The molecule has 0 spiro atoms. The van der Waals surface area contributed by atoms with Crippen LogP contribution in [0.3, 0.4) is 0 Å². The molecule has 0 radical (unpaired) electrons. The van der Waals surface area contributed by atoms with Crippen LogP contribution >= 0.6 is 0 Å². The molecule has 0 bridgehead atoms. The van der Waals surface area contributed by atoms with Crippen LogP contribution in [0.5, 0.6) is 5.75 Å². The molecule has 21 heavy (non-hydrogen) atoms. The fourth-order valence-corrected chi connectivity index (χ4v) is 3.01. The average Bonchev–Trinajstić information content (AvgIpc) is 2.81. The predicted molar refractivity (Wildman–Crippen MR) is 76.8 cm³/mol. The Kier molecular flexibility index (Phi) is 3.08. The van der Waals surface area contributed by atoms with Crippen molar-refractivity contribution in [2.24, 2.45) is 7.05 Å². The van der Waals surface area contributed by atoms with E-state index in [4.69, 9.17) is 9.47 Å². The molecule has 1 aliphatic rings. The van der Waals surface area contributed by atoms with E-state index in [1.807, 2.05) is 0 Å². The first-order valence-corrected chi connectivity index (χ1v) is 6.65. The van der Waals surface area contributed by atoms with Crippen LogP contribution in [-0.2, 0) is 18.2 Å². The van der Waals surface area contributed by atoms with Crippen molar-refractivity contribution in [2.45, 2.75) is 6.42 Å². The van der Waals surface area contributed by atoms with Crippen molar-refractivity contribution in [3.63, 3.8) is 0 Å². The minimum Gasteiger partial charge on any atom is -0.495 e. The zero-order valence-electron chi connectivity index (χ0n) is 12.1. The minimum absolute atomic E-state index is 0.132. The first-order valence-electron chi connectivity index (χ1n) is 6.65. The van der Waals surface area contributed by atoms with Gasteiger partial charge in [-0.2, -0.15) is 0 Å². The lowest BCUT2D eigenvalue weighted by Crippen LogP contribution is -2.33. The summed E-state index contributed by atoms with van der Waals surface area (Å²) in [6.45, 7) is 0.558. The second kappa shape index (κ2) is 4.80. The van der Waals surface area contributed by atoms with Crippen LogP contribution in [-0.4, -0.2) is 37.2 Å². The Morgan fingerprint density at radius 2 is 2.10 bits per heavy atom. The molecule has 3 rings (SSSR count). The normalized spacial score (nSPS) is 13.8. The third-order valence-corrected chi connectivity index (χ3v) is 3.90. The van der Waals surface area contributed by atoms with Gasteiger partial charge < -0.3 is 19.4 Å². The number of rotatable bonds is 2. The molecule has 110 valence electrons. The Hall–Kier alpha value is -2.50. The second-order valence-electron chi connectivity index (χ2n) is 4.92. The molecule has 1 N–H and O–H groups in total. The molecule has 0 unspecified atom stereocenters. The zero-order chi connectivity index (χ0) is 15.1. The fraction of sp³-hybridized carbons (Fsp3) is 0.333. The number of hydrogen-bond donors (Lipinski definition) is 1. The van der Waals surface area contributed by atoms with E-state index in [0.29, 0.717) is 30.0 Å². The Morgan fingerprint density at radius 3 is 2.76 bits per heavy atom. The molecule has 0 saturated heterocycles. The van der Waals surface area contributed by atoms with Crippen LogP contribution in [0.1, 0.15) is 26.4 Å². The lowest BCUT2D eigenvalue weighted by Gasteiger charge is -2.14. The number of nitrogens with zero attached hydrogens (tertiary/aromatic N) is 1. The van der Waals surface area contributed by atoms with E-state index in [1.54, 1.807) is 30.9 Å². The molecule has 2 aromatic rings. The van der Waals surface area contributed by atoms with Crippen LogP contribution in [0, 0.1) is 0 Å². The van der Waals surface area contributed by atoms with Gasteiger partial charge in [0.05, 0.1) is 25.3 Å². The van der Waals surface area contributed by atoms with Crippen molar-refractivity contribution in [1.29, 1.82) is 0 Å². The third-order valence-electron chi connectivity index (χ3n) is 3.90. The summed E-state index contributed by atoms with van der Waals surface area (Å²) in [6.07, 6.45) is 0.676. The van der Waals surface area contributed by atoms with Gasteiger partial charge >= 0.3 is 5.97 Å². The average molecular weight is 288 g/mol. The van der Waals surface area contributed by atoms with Crippen molar-refractivity contribution in [2.75, 3.05) is 20.8 Å². The molecule has 1 aliphatic heterocycles. The summed E-state index contributed by atoms with van der Waals surface area (Å²) in [5, 5.41) is 3.57. The molecule has 0 saturated carbocycles. The highest BCUT2D eigenvalue weighted by atomic mass is 16.5. The number of fused-ring (bicyclic) bond motifs is 3. The Bertz CT molecular complexity index is 761. The quantitative estimate of drug-likeness (QED) is 0.845. The van der Waals surface area contributed by atoms with E-state index in [1.165, 1.54) is 7.11 Å². The summed E-state index contributed by atoms with van der Waals surface area (Å²) >= 11 is 0. The highest BCUT2D eigenvalue weighted by Gasteiger charge is 2.29. The summed E-state index contributed by atoms with van der Waals surface area (Å²) in [4.78, 5) is 24.2. The van der Waals surface area contributed by atoms with Crippen molar-refractivity contribution >= 4 is 22.8 Å². The molecular weight excluding hydrogens is 272 g/mol. The standard InChI is InChI=1S/C15H16N2O4/c1-17-12-8(6-7-16-14(12)18)11-9(15(19)21-3)4-5-10(20-2)13(11)17/h4-5H,6-7H2,1-3H3,(H,16,18). The van der Waals surface area contributed by atoms with Crippen LogP contribution < -0.4 is 10.1 Å². The van der Waals surface area contributed by atoms with E-state index in [9.17, 15) is 9.59 Å². The van der Waals surface area contributed by atoms with Crippen molar-refractivity contribution in [1.82, 2.24) is 9.88 Å². The van der Waals surface area contributed by atoms with Gasteiger partial charge in [-0.3, -0.25) is 4.79 Å². The number of amides is 1. The number of methoxy groups -OCH3 is 2. The number of esters is 1. The number of benzene rings is 1. The van der Waals surface area contributed by atoms with E-state index in [-0.39, 0.29) is 5.91 Å². The molecule has 1 amide bonds. The van der Waals surface area contributed by atoms with E-state index < -0.39 is 5.97 Å². The smallest absolute Gasteiger partial charge is 0.338 e. The van der Waals surface area contributed by atoms with Gasteiger partial charge in [0.2, 0.25) is 0 Å². The Balaban J connectivity index is 2.46. The molecule has 6 nitrogen and oxygen atoms in total. The van der Waals surface area contributed by atoms with Crippen molar-refractivity contribution in [3.8, 4) is 5.75 Å². The van der Waals surface area contributed by atoms with Crippen molar-refractivity contribution in [3.05, 3.63) is 29.0 Å². The van der Waals surface area contributed by atoms with Gasteiger partial charge in [-0.25, -0.2) is 4.79 Å². The molecule has 2 heterocycles. The van der Waals surface area contributed by atoms with Gasteiger partial charge in [0.15, 0.2) is 0 Å². The number of aryl methyl sites for hydroxylation is 1. The van der Waals surface area contributed by atoms with Crippen LogP contribution in [0.4, 0.5) is 0 Å². The SMILES string of the molecule is COC(=O)c1ccc(OC)c2c1c1c(n2C)C(=O)NCC1. The van der Waals surface area contributed by atoms with Gasteiger partial charge in [0.25, 0.3) is 5.91 Å². The largest absolute Gasteiger partial charge is 0.495 e. The lowest BCUT2D eigenvalue weighted by atomic mass is 10.00. The Labute approximate surface area is 121 Å². The van der Waals surface area contributed by atoms with E-state index in [0.717, 1.165) is 16.5 Å². The number of hydrogen-bond acceptors (Lipinski definition) is 4. The molecule has 0 fully saturated rings. The first kappa shape index (κ1) is 13.5. The molecule has 1 aromatic heterocycles. The summed E-state index contributed by atoms with van der Waals surface area (Å²) in [5.41, 5.74) is 2.64. The van der Waals surface area contributed by atoms with Gasteiger partial charge in [-0.15, -0.1) is 0 Å². The number of carbonyl (C=O) groups excluding carboxylic acids is 2. The zero-order valence-corrected chi connectivity index (χ0v) is 12.1. The van der Waals surface area contributed by atoms with E-state index in [2.05, 4.69) is 5.32 Å². The second-order valence-corrected chi connectivity index (χ2v) is 4.92. The molecule has 0 aliphatic carbocycles. The highest BCUT2D eigenvalue weighted by Crippen LogP contribution is 2.36. The summed E-state index contributed by atoms with van der Waals surface area (Å²) < 4.78 is 12.0. The monoisotopic (exact) mass is 288 g/mol. The predicted octanol–water partition coefficient (Wildman–Crippen LogP) is 1.26. The lowest BCUT2D eigenvalue weighted by molar-refractivity contribution is 0.0602. The van der Waals surface area contributed by atoms with Gasteiger partial charge in [-0.05, 0) is 24.1 Å². The minimum atomic E-state index is -0.415. The maximum atomic E-state index is 12.1. The Morgan fingerprint density at radius 1 is 1.33 bits per heavy atom. The van der Waals surface area contributed by atoms with Gasteiger partial charge in [0, 0.05) is 19.0 Å². The maximum Gasteiger partial charge on any atom is 0.338 e. The third kappa shape index (κ3) is 1.79. The van der Waals surface area contributed by atoms with Crippen LogP contribution in [0.2, 0.25) is 0 Å². The number of carbonyl (C=O) groups is 2. The topological polar surface area (TPSA) is 69.6 Å². The van der Waals surface area contributed by atoms with Crippen LogP contribution in [0.15, 0.2) is 12.1 Å². The van der Waals surface area contributed by atoms with Gasteiger partial charge in [0.1, 0.15) is 11.4 Å². The highest BCUT2D eigenvalue weighted by molar-refractivity contribution is 6.12.